The number of carboxylic acid groups (broad SMARTS) is 1. The highest BCUT2D eigenvalue weighted by Gasteiger charge is 2.09. The summed E-state index contributed by atoms with van der Waals surface area (Å²) in [7, 11) is 0. The van der Waals surface area contributed by atoms with E-state index in [0.29, 0.717) is 5.69 Å². The van der Waals surface area contributed by atoms with Crippen molar-refractivity contribution in [1.82, 2.24) is 0 Å². The minimum Gasteiger partial charge on any atom is -0.478 e. The molecule has 0 heterocycles. The molecule has 0 aromatic heterocycles. The molecule has 0 amide bonds. The summed E-state index contributed by atoms with van der Waals surface area (Å²) in [6.07, 6.45) is 0. The van der Waals surface area contributed by atoms with Crippen LogP contribution in [-0.4, -0.2) is 11.1 Å². The molecule has 2 aromatic rings. The van der Waals surface area contributed by atoms with Gasteiger partial charge in [-0.05, 0) is 43.7 Å². The van der Waals surface area contributed by atoms with Crippen molar-refractivity contribution in [1.29, 1.82) is 0 Å². The molecule has 3 nitrogen and oxygen atoms in total. The predicted octanol–water partition coefficient (Wildman–Crippen LogP) is 3.74. The van der Waals surface area contributed by atoms with Gasteiger partial charge < -0.3 is 10.8 Å². The molecular formula is C15H15NO2S. The van der Waals surface area contributed by atoms with Crippen LogP contribution >= 0.6 is 11.8 Å². The summed E-state index contributed by atoms with van der Waals surface area (Å²) in [5.74, 6) is -0.942. The van der Waals surface area contributed by atoms with Crippen LogP contribution in [0.5, 0.6) is 0 Å². The van der Waals surface area contributed by atoms with Gasteiger partial charge in [0, 0.05) is 15.5 Å². The Hall–Kier alpha value is -1.94. The molecule has 0 atom stereocenters. The zero-order valence-corrected chi connectivity index (χ0v) is 11.6. The molecule has 3 N–H and O–H groups in total. The Morgan fingerprint density at radius 1 is 1.11 bits per heavy atom. The Morgan fingerprint density at radius 3 is 2.47 bits per heavy atom. The first-order valence-corrected chi connectivity index (χ1v) is 6.67. The van der Waals surface area contributed by atoms with Crippen molar-refractivity contribution in [2.24, 2.45) is 0 Å². The van der Waals surface area contributed by atoms with Crippen molar-refractivity contribution in [3.8, 4) is 0 Å². The lowest BCUT2D eigenvalue weighted by molar-refractivity contribution is 0.0696. The molecule has 0 aliphatic rings. The average Bonchev–Trinajstić information content (AvgIpc) is 2.34. The number of carbonyl (C=O) groups is 1. The van der Waals surface area contributed by atoms with Gasteiger partial charge in [-0.3, -0.25) is 0 Å². The van der Waals surface area contributed by atoms with E-state index < -0.39 is 5.97 Å². The molecule has 0 radical (unpaired) electrons. The smallest absolute Gasteiger partial charge is 0.335 e. The highest BCUT2D eigenvalue weighted by molar-refractivity contribution is 7.99. The van der Waals surface area contributed by atoms with Crippen LogP contribution in [0.1, 0.15) is 21.5 Å². The van der Waals surface area contributed by atoms with E-state index >= 15 is 0 Å². The minimum absolute atomic E-state index is 0.251. The summed E-state index contributed by atoms with van der Waals surface area (Å²) in [5.41, 5.74) is 9.11. The molecule has 0 saturated carbocycles. The molecule has 4 heteroatoms. The number of aromatic carboxylic acids is 1. The van der Waals surface area contributed by atoms with Gasteiger partial charge in [-0.25, -0.2) is 4.79 Å². The topological polar surface area (TPSA) is 63.3 Å². The number of anilines is 1. The Labute approximate surface area is 116 Å². The maximum absolute atomic E-state index is 11.0. The second-order valence-electron chi connectivity index (χ2n) is 4.43. The molecule has 0 spiro atoms. The van der Waals surface area contributed by atoms with Gasteiger partial charge in [0.25, 0.3) is 0 Å². The van der Waals surface area contributed by atoms with Crippen molar-refractivity contribution in [3.05, 3.63) is 53.1 Å². The third-order valence-electron chi connectivity index (χ3n) is 2.81. The van der Waals surface area contributed by atoms with E-state index in [9.17, 15) is 4.79 Å². The summed E-state index contributed by atoms with van der Waals surface area (Å²) in [6.45, 7) is 4.08. The van der Waals surface area contributed by atoms with Gasteiger partial charge in [-0.1, -0.05) is 29.5 Å². The first kappa shape index (κ1) is 13.5. The number of carboxylic acids is 1. The van der Waals surface area contributed by atoms with E-state index in [1.165, 1.54) is 23.4 Å². The van der Waals surface area contributed by atoms with Gasteiger partial charge in [-0.15, -0.1) is 0 Å². The van der Waals surface area contributed by atoms with Crippen molar-refractivity contribution in [2.45, 2.75) is 23.6 Å². The van der Waals surface area contributed by atoms with E-state index in [0.717, 1.165) is 15.4 Å². The summed E-state index contributed by atoms with van der Waals surface area (Å²) >= 11 is 1.49. The lowest BCUT2D eigenvalue weighted by Crippen LogP contribution is -1.98. The largest absolute Gasteiger partial charge is 0.478 e. The molecule has 0 fully saturated rings. The molecule has 0 saturated heterocycles. The van der Waals surface area contributed by atoms with Crippen LogP contribution < -0.4 is 5.73 Å². The maximum atomic E-state index is 11.0. The molecule has 2 aromatic carbocycles. The van der Waals surface area contributed by atoms with Crippen molar-refractivity contribution in [3.63, 3.8) is 0 Å². The first-order chi connectivity index (χ1) is 8.97. The van der Waals surface area contributed by atoms with Crippen LogP contribution in [0, 0.1) is 13.8 Å². The second kappa shape index (κ2) is 5.36. The maximum Gasteiger partial charge on any atom is 0.335 e. The predicted molar refractivity (Wildman–Crippen MR) is 77.9 cm³/mol. The van der Waals surface area contributed by atoms with Crippen LogP contribution in [0.3, 0.4) is 0 Å². The van der Waals surface area contributed by atoms with Crippen molar-refractivity contribution >= 4 is 23.4 Å². The Bertz CT molecular complexity index is 638. The minimum atomic E-state index is -0.942. The fourth-order valence-electron chi connectivity index (χ4n) is 1.79. The summed E-state index contributed by atoms with van der Waals surface area (Å²) in [5, 5.41) is 9.01. The monoisotopic (exact) mass is 273 g/mol. The van der Waals surface area contributed by atoms with Gasteiger partial charge in [0.15, 0.2) is 0 Å². The third-order valence-corrected chi connectivity index (χ3v) is 4.06. The van der Waals surface area contributed by atoms with Gasteiger partial charge in [-0.2, -0.15) is 0 Å². The quantitative estimate of drug-likeness (QED) is 0.836. The van der Waals surface area contributed by atoms with E-state index in [2.05, 4.69) is 6.07 Å². The van der Waals surface area contributed by atoms with Gasteiger partial charge in [0.1, 0.15) is 0 Å². The van der Waals surface area contributed by atoms with Crippen LogP contribution in [0.15, 0.2) is 46.2 Å². The van der Waals surface area contributed by atoms with E-state index in [-0.39, 0.29) is 5.56 Å². The number of hydrogen-bond acceptors (Lipinski definition) is 3. The SMILES string of the molecule is Cc1ccc(Sc2cc(C(=O)O)ccc2N)c(C)c1. The number of nitrogen functional groups attached to an aromatic ring is 1. The summed E-state index contributed by atoms with van der Waals surface area (Å²) in [6, 6.07) is 10.9. The van der Waals surface area contributed by atoms with E-state index in [4.69, 9.17) is 10.8 Å². The van der Waals surface area contributed by atoms with Gasteiger partial charge >= 0.3 is 5.97 Å². The fraction of sp³-hybridized carbons (Fsp3) is 0.133. The number of benzene rings is 2. The lowest BCUT2D eigenvalue weighted by atomic mass is 10.2. The zero-order valence-electron chi connectivity index (χ0n) is 10.8. The van der Waals surface area contributed by atoms with Crippen LogP contribution in [0.2, 0.25) is 0 Å². The van der Waals surface area contributed by atoms with Crippen molar-refractivity contribution < 1.29 is 9.90 Å². The zero-order chi connectivity index (χ0) is 14.0. The summed E-state index contributed by atoms with van der Waals surface area (Å²) < 4.78 is 0. The standard InChI is InChI=1S/C15H15NO2S/c1-9-3-6-13(10(2)7-9)19-14-8-11(15(17)18)4-5-12(14)16/h3-8H,16H2,1-2H3,(H,17,18). The number of rotatable bonds is 3. The molecular weight excluding hydrogens is 258 g/mol. The van der Waals surface area contributed by atoms with Crippen LogP contribution in [0.4, 0.5) is 5.69 Å². The van der Waals surface area contributed by atoms with Crippen LogP contribution in [0.25, 0.3) is 0 Å². The van der Waals surface area contributed by atoms with Gasteiger partial charge in [0.05, 0.1) is 5.56 Å². The molecule has 0 bridgehead atoms. The van der Waals surface area contributed by atoms with E-state index in [1.807, 2.05) is 26.0 Å². The lowest BCUT2D eigenvalue weighted by Gasteiger charge is -2.09. The molecule has 2 rings (SSSR count). The average molecular weight is 273 g/mol. The molecule has 19 heavy (non-hydrogen) atoms. The number of nitrogens with two attached hydrogens (primary N) is 1. The summed E-state index contributed by atoms with van der Waals surface area (Å²) in [4.78, 5) is 12.8. The molecule has 0 aliphatic heterocycles. The molecule has 98 valence electrons. The Kier molecular flexibility index (Phi) is 3.81. The number of aryl methyl sites for hydroxylation is 2. The van der Waals surface area contributed by atoms with E-state index in [1.54, 1.807) is 12.1 Å². The molecule has 0 unspecified atom stereocenters. The van der Waals surface area contributed by atoms with Crippen LogP contribution in [-0.2, 0) is 0 Å². The highest BCUT2D eigenvalue weighted by atomic mass is 32.2. The molecule has 0 aliphatic carbocycles. The number of hydrogen-bond donors (Lipinski definition) is 2. The highest BCUT2D eigenvalue weighted by Crippen LogP contribution is 2.34. The Balaban J connectivity index is 2.37. The fourth-order valence-corrected chi connectivity index (χ4v) is 2.75. The second-order valence-corrected chi connectivity index (χ2v) is 5.51. The first-order valence-electron chi connectivity index (χ1n) is 5.85. The third kappa shape index (κ3) is 3.09. The normalized spacial score (nSPS) is 10.4. The van der Waals surface area contributed by atoms with Crippen molar-refractivity contribution in [2.75, 3.05) is 5.73 Å². The van der Waals surface area contributed by atoms with Gasteiger partial charge in [0.2, 0.25) is 0 Å². The Morgan fingerprint density at radius 2 is 1.84 bits per heavy atom.